The molecule has 92 valence electrons. The van der Waals surface area contributed by atoms with Gasteiger partial charge >= 0.3 is 0 Å². The molecule has 0 radical (unpaired) electrons. The highest BCUT2D eigenvalue weighted by atomic mass is 16.5. The van der Waals surface area contributed by atoms with Gasteiger partial charge in [-0.3, -0.25) is 4.79 Å². The van der Waals surface area contributed by atoms with Crippen LogP contribution in [0.5, 0.6) is 11.5 Å². The third kappa shape index (κ3) is 2.70. The highest BCUT2D eigenvalue weighted by Gasteiger charge is 2.17. The van der Waals surface area contributed by atoms with Crippen molar-refractivity contribution in [2.75, 3.05) is 32.2 Å². The van der Waals surface area contributed by atoms with Crippen molar-refractivity contribution in [1.29, 1.82) is 0 Å². The molecule has 0 aliphatic carbocycles. The van der Waals surface area contributed by atoms with Crippen LogP contribution in [0.2, 0.25) is 0 Å². The summed E-state index contributed by atoms with van der Waals surface area (Å²) in [6.45, 7) is 1.55. The van der Waals surface area contributed by atoms with Crippen LogP contribution in [0.3, 0.4) is 0 Å². The van der Waals surface area contributed by atoms with Crippen molar-refractivity contribution in [2.45, 2.75) is 12.8 Å². The largest absolute Gasteiger partial charge is 0.497 e. The summed E-state index contributed by atoms with van der Waals surface area (Å²) in [5, 5.41) is 0. The number of rotatable bonds is 3. The lowest BCUT2D eigenvalue weighted by Crippen LogP contribution is -2.33. The minimum absolute atomic E-state index is 0.344. The number of ether oxygens (including phenoxy) is 2. The van der Waals surface area contributed by atoms with E-state index in [1.807, 2.05) is 18.2 Å². The summed E-state index contributed by atoms with van der Waals surface area (Å²) in [6, 6.07) is 5.79. The minimum Gasteiger partial charge on any atom is -0.497 e. The molecule has 0 spiro atoms. The van der Waals surface area contributed by atoms with Gasteiger partial charge < -0.3 is 14.4 Å². The predicted octanol–water partition coefficient (Wildman–Crippen LogP) is 1.87. The molecule has 1 aromatic rings. The monoisotopic (exact) mass is 235 g/mol. The summed E-state index contributed by atoms with van der Waals surface area (Å²) in [4.78, 5) is 13.4. The number of carbonyl (C=O) groups excluding carboxylic acids is 1. The Labute approximate surface area is 101 Å². The van der Waals surface area contributed by atoms with Gasteiger partial charge in [-0.25, -0.2) is 0 Å². The molecule has 0 N–H and O–H groups in total. The smallest absolute Gasteiger partial charge is 0.136 e. The van der Waals surface area contributed by atoms with Gasteiger partial charge in [0.05, 0.1) is 14.2 Å². The Bertz CT molecular complexity index is 385. The Balaban J connectivity index is 2.22. The lowest BCUT2D eigenvalue weighted by molar-refractivity contribution is -0.119. The number of anilines is 1. The third-order valence-electron chi connectivity index (χ3n) is 3.02. The molecule has 1 saturated heterocycles. The quantitative estimate of drug-likeness (QED) is 0.801. The second kappa shape index (κ2) is 5.08. The summed E-state index contributed by atoms with van der Waals surface area (Å²) < 4.78 is 10.5. The molecule has 1 aliphatic heterocycles. The van der Waals surface area contributed by atoms with Gasteiger partial charge in [0.1, 0.15) is 17.3 Å². The van der Waals surface area contributed by atoms with Gasteiger partial charge in [0, 0.05) is 49.8 Å². The Morgan fingerprint density at radius 1 is 1.00 bits per heavy atom. The highest BCUT2D eigenvalue weighted by molar-refractivity contribution is 5.81. The Morgan fingerprint density at radius 2 is 1.53 bits per heavy atom. The van der Waals surface area contributed by atoms with Crippen LogP contribution in [0.1, 0.15) is 12.8 Å². The molecule has 0 amide bonds. The third-order valence-corrected chi connectivity index (χ3v) is 3.02. The lowest BCUT2D eigenvalue weighted by atomic mass is 10.1. The van der Waals surface area contributed by atoms with Crippen LogP contribution in [-0.2, 0) is 4.79 Å². The van der Waals surface area contributed by atoms with Gasteiger partial charge in [-0.2, -0.15) is 0 Å². The highest BCUT2D eigenvalue weighted by Crippen LogP contribution is 2.29. The normalized spacial score (nSPS) is 15.9. The molecule has 1 aromatic carbocycles. The maximum Gasteiger partial charge on any atom is 0.136 e. The van der Waals surface area contributed by atoms with Gasteiger partial charge in [-0.15, -0.1) is 0 Å². The number of hydrogen-bond acceptors (Lipinski definition) is 4. The number of carbonyl (C=O) groups is 1. The molecule has 2 rings (SSSR count). The van der Waals surface area contributed by atoms with Gasteiger partial charge in [-0.05, 0) is 0 Å². The molecule has 0 aromatic heterocycles. The van der Waals surface area contributed by atoms with Crippen LogP contribution in [0, 0.1) is 0 Å². The Morgan fingerprint density at radius 3 is 2.00 bits per heavy atom. The molecule has 1 heterocycles. The zero-order valence-corrected chi connectivity index (χ0v) is 10.2. The zero-order valence-electron chi connectivity index (χ0n) is 10.2. The van der Waals surface area contributed by atoms with E-state index in [-0.39, 0.29) is 0 Å². The summed E-state index contributed by atoms with van der Waals surface area (Å²) in [7, 11) is 3.27. The van der Waals surface area contributed by atoms with Crippen molar-refractivity contribution in [1.82, 2.24) is 0 Å². The molecule has 0 atom stereocenters. The molecule has 1 fully saturated rings. The fourth-order valence-electron chi connectivity index (χ4n) is 1.99. The van der Waals surface area contributed by atoms with Crippen LogP contribution < -0.4 is 14.4 Å². The Hall–Kier alpha value is -1.71. The molecular weight excluding hydrogens is 218 g/mol. The van der Waals surface area contributed by atoms with E-state index in [0.717, 1.165) is 30.3 Å². The topological polar surface area (TPSA) is 38.8 Å². The molecular formula is C13H17NO3. The fourth-order valence-corrected chi connectivity index (χ4v) is 1.99. The first-order valence-electron chi connectivity index (χ1n) is 5.72. The number of piperidine rings is 1. The molecule has 17 heavy (non-hydrogen) atoms. The first kappa shape index (κ1) is 11.8. The lowest BCUT2D eigenvalue weighted by Gasteiger charge is -2.28. The van der Waals surface area contributed by atoms with Crippen molar-refractivity contribution < 1.29 is 14.3 Å². The van der Waals surface area contributed by atoms with Crippen LogP contribution in [-0.4, -0.2) is 33.1 Å². The summed E-state index contributed by atoms with van der Waals surface area (Å²) in [6.07, 6.45) is 1.25. The standard InChI is InChI=1S/C13H17NO3/c1-16-12-7-10(8-13(9-12)17-2)14-5-3-11(15)4-6-14/h7-9H,3-6H2,1-2H3. The molecule has 4 heteroatoms. The number of nitrogens with zero attached hydrogens (tertiary/aromatic N) is 1. The van der Waals surface area contributed by atoms with E-state index in [1.54, 1.807) is 14.2 Å². The summed E-state index contributed by atoms with van der Waals surface area (Å²) in [5.74, 6) is 1.89. The van der Waals surface area contributed by atoms with Crippen molar-refractivity contribution in [3.8, 4) is 11.5 Å². The van der Waals surface area contributed by atoms with Crippen molar-refractivity contribution in [3.05, 3.63) is 18.2 Å². The predicted molar refractivity (Wildman–Crippen MR) is 66.0 cm³/mol. The average molecular weight is 235 g/mol. The molecule has 0 bridgehead atoms. The van der Waals surface area contributed by atoms with Crippen LogP contribution >= 0.6 is 0 Å². The van der Waals surface area contributed by atoms with Gasteiger partial charge in [-0.1, -0.05) is 0 Å². The van der Waals surface area contributed by atoms with Gasteiger partial charge in [0.15, 0.2) is 0 Å². The number of hydrogen-bond donors (Lipinski definition) is 0. The number of ketones is 1. The van der Waals surface area contributed by atoms with E-state index in [0.29, 0.717) is 18.6 Å². The zero-order chi connectivity index (χ0) is 12.3. The first-order chi connectivity index (χ1) is 8.22. The molecule has 0 saturated carbocycles. The first-order valence-corrected chi connectivity index (χ1v) is 5.72. The van der Waals surface area contributed by atoms with Crippen molar-refractivity contribution in [2.24, 2.45) is 0 Å². The molecule has 4 nitrogen and oxygen atoms in total. The Kier molecular flexibility index (Phi) is 3.52. The maximum atomic E-state index is 11.2. The number of Topliss-reactive ketones (excluding diaryl/α,β-unsaturated/α-hetero) is 1. The number of methoxy groups -OCH3 is 2. The van der Waals surface area contributed by atoms with E-state index >= 15 is 0 Å². The van der Waals surface area contributed by atoms with Gasteiger partial charge in [0.2, 0.25) is 0 Å². The van der Waals surface area contributed by atoms with E-state index in [2.05, 4.69) is 4.90 Å². The second-order valence-corrected chi connectivity index (χ2v) is 4.10. The van der Waals surface area contributed by atoms with Gasteiger partial charge in [0.25, 0.3) is 0 Å². The summed E-state index contributed by atoms with van der Waals surface area (Å²) >= 11 is 0. The van der Waals surface area contributed by atoms with Crippen LogP contribution in [0.4, 0.5) is 5.69 Å². The number of benzene rings is 1. The molecule has 1 aliphatic rings. The minimum atomic E-state index is 0.344. The van der Waals surface area contributed by atoms with Crippen LogP contribution in [0.15, 0.2) is 18.2 Å². The second-order valence-electron chi connectivity index (χ2n) is 4.10. The van der Waals surface area contributed by atoms with E-state index in [1.165, 1.54) is 0 Å². The van der Waals surface area contributed by atoms with E-state index in [4.69, 9.17) is 9.47 Å². The summed E-state index contributed by atoms with van der Waals surface area (Å²) in [5.41, 5.74) is 1.05. The van der Waals surface area contributed by atoms with Crippen molar-refractivity contribution >= 4 is 11.5 Å². The SMILES string of the molecule is COc1cc(OC)cc(N2CCC(=O)CC2)c1. The molecule has 0 unspecified atom stereocenters. The van der Waals surface area contributed by atoms with E-state index in [9.17, 15) is 4.79 Å². The van der Waals surface area contributed by atoms with Crippen molar-refractivity contribution in [3.63, 3.8) is 0 Å². The maximum absolute atomic E-state index is 11.2. The average Bonchev–Trinajstić information content (AvgIpc) is 2.39. The van der Waals surface area contributed by atoms with Crippen LogP contribution in [0.25, 0.3) is 0 Å². The van der Waals surface area contributed by atoms with E-state index < -0.39 is 0 Å². The fraction of sp³-hybridized carbons (Fsp3) is 0.462.